The number of rotatable bonds is 1. The van der Waals surface area contributed by atoms with Gasteiger partial charge < -0.3 is 10.5 Å². The van der Waals surface area contributed by atoms with Gasteiger partial charge in [0.25, 0.3) is 0 Å². The first-order valence-electron chi connectivity index (χ1n) is 2.25. The van der Waals surface area contributed by atoms with Gasteiger partial charge in [0.15, 0.2) is 0 Å². The van der Waals surface area contributed by atoms with Crippen LogP contribution in [0.15, 0.2) is 12.3 Å². The van der Waals surface area contributed by atoms with E-state index in [0.717, 1.165) is 0 Å². The molecule has 0 aliphatic carbocycles. The molecule has 0 fully saturated rings. The molecule has 0 bridgehead atoms. The number of hydrogen-bond acceptors (Lipinski definition) is 3. The highest BCUT2D eigenvalue weighted by atomic mass is 16.3. The Morgan fingerprint density at radius 3 is 2.88 bits per heavy atom. The van der Waals surface area contributed by atoms with Crippen LogP contribution in [-0.4, -0.2) is 22.0 Å². The number of nitrogens with zero attached hydrogens (tertiary/aromatic N) is 2. The first kappa shape index (κ1) is 4.96. The van der Waals surface area contributed by atoms with Crippen molar-refractivity contribution in [2.45, 2.75) is 0 Å². The third kappa shape index (κ3) is 0.598. The molecule has 1 aromatic heterocycles. The molecule has 0 spiro atoms. The van der Waals surface area contributed by atoms with E-state index in [9.17, 15) is 0 Å². The largest absolute Gasteiger partial charge is 0.492 e. The van der Waals surface area contributed by atoms with Gasteiger partial charge in [-0.2, -0.15) is 5.10 Å². The van der Waals surface area contributed by atoms with Gasteiger partial charge in [-0.25, -0.2) is 0 Å². The van der Waals surface area contributed by atoms with E-state index in [1.165, 1.54) is 17.1 Å². The summed E-state index contributed by atoms with van der Waals surface area (Å²) >= 11 is 0. The molecular formula is C4H7N3O. The Morgan fingerprint density at radius 2 is 2.62 bits per heavy atom. The minimum atomic E-state index is 0.118. The molecular weight excluding hydrogens is 106 g/mol. The van der Waals surface area contributed by atoms with Crippen LogP contribution < -0.4 is 5.43 Å². The van der Waals surface area contributed by atoms with E-state index in [-0.39, 0.29) is 5.88 Å². The van der Waals surface area contributed by atoms with E-state index in [1.54, 1.807) is 7.05 Å². The number of hydrogen-bond donors (Lipinski definition) is 2. The average molecular weight is 113 g/mol. The van der Waals surface area contributed by atoms with Crippen molar-refractivity contribution in [1.82, 2.24) is 9.89 Å². The molecule has 0 radical (unpaired) electrons. The summed E-state index contributed by atoms with van der Waals surface area (Å²) in [5.74, 6) is 0.118. The van der Waals surface area contributed by atoms with Gasteiger partial charge in [0.1, 0.15) is 0 Å². The first-order chi connectivity index (χ1) is 3.84. The van der Waals surface area contributed by atoms with E-state index in [0.29, 0.717) is 0 Å². The Kier molecular flexibility index (Phi) is 1.07. The fourth-order valence-corrected chi connectivity index (χ4v) is 0.469. The predicted molar refractivity (Wildman–Crippen MR) is 29.2 cm³/mol. The smallest absolute Gasteiger partial charge is 0.229 e. The van der Waals surface area contributed by atoms with Gasteiger partial charge in [0.2, 0.25) is 5.88 Å². The van der Waals surface area contributed by atoms with Crippen molar-refractivity contribution in [2.75, 3.05) is 12.5 Å². The van der Waals surface area contributed by atoms with E-state index in [1.807, 2.05) is 0 Å². The highest BCUT2D eigenvalue weighted by molar-refractivity contribution is 5.05. The molecule has 0 saturated carbocycles. The second kappa shape index (κ2) is 1.73. The standard InChI is InChI=1S/C4H7N3O/c1-5-7-4(8)2-3-6-7/h2-3,5,8H,1H3. The second-order valence-corrected chi connectivity index (χ2v) is 1.32. The molecule has 1 rings (SSSR count). The van der Waals surface area contributed by atoms with Crippen LogP contribution in [-0.2, 0) is 0 Å². The van der Waals surface area contributed by atoms with Crippen molar-refractivity contribution in [3.05, 3.63) is 12.3 Å². The predicted octanol–water partition coefficient (Wildman–Crippen LogP) is -0.238. The van der Waals surface area contributed by atoms with Crippen molar-refractivity contribution in [3.8, 4) is 5.88 Å². The monoisotopic (exact) mass is 113 g/mol. The summed E-state index contributed by atoms with van der Waals surface area (Å²) in [6.45, 7) is 0. The van der Waals surface area contributed by atoms with Gasteiger partial charge >= 0.3 is 0 Å². The molecule has 0 amide bonds. The molecule has 0 aliphatic heterocycles. The Labute approximate surface area is 46.7 Å². The fraction of sp³-hybridized carbons (Fsp3) is 0.250. The van der Waals surface area contributed by atoms with Gasteiger partial charge in [-0.05, 0) is 0 Å². The van der Waals surface area contributed by atoms with Crippen LogP contribution in [0.1, 0.15) is 0 Å². The zero-order chi connectivity index (χ0) is 5.98. The van der Waals surface area contributed by atoms with E-state index in [2.05, 4.69) is 10.5 Å². The van der Waals surface area contributed by atoms with Gasteiger partial charge in [-0.1, -0.05) is 0 Å². The Morgan fingerprint density at radius 1 is 1.88 bits per heavy atom. The fourth-order valence-electron chi connectivity index (χ4n) is 0.469. The van der Waals surface area contributed by atoms with Crippen molar-refractivity contribution >= 4 is 0 Å². The zero-order valence-corrected chi connectivity index (χ0v) is 4.50. The third-order valence-corrected chi connectivity index (χ3v) is 0.835. The van der Waals surface area contributed by atoms with E-state index < -0.39 is 0 Å². The van der Waals surface area contributed by atoms with Crippen LogP contribution in [0.5, 0.6) is 5.88 Å². The summed E-state index contributed by atoms with van der Waals surface area (Å²) in [6.07, 6.45) is 1.51. The second-order valence-electron chi connectivity index (χ2n) is 1.32. The SMILES string of the molecule is CNn1nccc1O. The van der Waals surface area contributed by atoms with Crippen LogP contribution >= 0.6 is 0 Å². The molecule has 2 N–H and O–H groups in total. The van der Waals surface area contributed by atoms with Gasteiger partial charge in [0.05, 0.1) is 6.20 Å². The number of aromatic nitrogens is 2. The zero-order valence-electron chi connectivity index (χ0n) is 4.50. The first-order valence-corrected chi connectivity index (χ1v) is 2.25. The van der Waals surface area contributed by atoms with Gasteiger partial charge in [0, 0.05) is 13.1 Å². The van der Waals surface area contributed by atoms with Gasteiger partial charge in [-0.3, -0.25) is 0 Å². The Hall–Kier alpha value is -1.19. The molecule has 0 aliphatic rings. The van der Waals surface area contributed by atoms with Crippen LogP contribution in [0.3, 0.4) is 0 Å². The van der Waals surface area contributed by atoms with Crippen molar-refractivity contribution < 1.29 is 5.11 Å². The minimum absolute atomic E-state index is 0.118. The lowest BCUT2D eigenvalue weighted by atomic mass is 10.7. The maximum atomic E-state index is 8.79. The summed E-state index contributed by atoms with van der Waals surface area (Å²) in [4.78, 5) is 1.26. The summed E-state index contributed by atoms with van der Waals surface area (Å²) in [6, 6.07) is 1.50. The third-order valence-electron chi connectivity index (χ3n) is 0.835. The lowest BCUT2D eigenvalue weighted by molar-refractivity contribution is 0.423. The van der Waals surface area contributed by atoms with Gasteiger partial charge in [-0.15, -0.1) is 4.79 Å². The summed E-state index contributed by atoms with van der Waals surface area (Å²) in [5, 5.41) is 12.5. The highest BCUT2D eigenvalue weighted by Crippen LogP contribution is 2.00. The number of nitrogens with one attached hydrogen (secondary N) is 1. The quantitative estimate of drug-likeness (QED) is 0.528. The maximum absolute atomic E-state index is 8.79. The van der Waals surface area contributed by atoms with E-state index in [4.69, 9.17) is 5.11 Å². The van der Waals surface area contributed by atoms with Crippen molar-refractivity contribution in [1.29, 1.82) is 0 Å². The highest BCUT2D eigenvalue weighted by Gasteiger charge is 1.91. The summed E-state index contributed by atoms with van der Waals surface area (Å²) in [5.41, 5.74) is 2.63. The minimum Gasteiger partial charge on any atom is -0.492 e. The molecule has 8 heavy (non-hydrogen) atoms. The Balaban J connectivity index is 2.92. The number of aromatic hydroxyl groups is 1. The average Bonchev–Trinajstić information content (AvgIpc) is 2.14. The Bertz CT molecular complexity index is 172. The maximum Gasteiger partial charge on any atom is 0.229 e. The molecule has 0 saturated heterocycles. The van der Waals surface area contributed by atoms with Crippen molar-refractivity contribution in [3.63, 3.8) is 0 Å². The van der Waals surface area contributed by atoms with E-state index >= 15 is 0 Å². The molecule has 4 heteroatoms. The van der Waals surface area contributed by atoms with Crippen LogP contribution in [0.4, 0.5) is 0 Å². The van der Waals surface area contributed by atoms with Crippen LogP contribution in [0.25, 0.3) is 0 Å². The summed E-state index contributed by atoms with van der Waals surface area (Å²) in [7, 11) is 1.67. The van der Waals surface area contributed by atoms with Crippen LogP contribution in [0, 0.1) is 0 Å². The molecule has 1 aromatic rings. The van der Waals surface area contributed by atoms with Crippen LogP contribution in [0.2, 0.25) is 0 Å². The topological polar surface area (TPSA) is 50.1 Å². The lowest BCUT2D eigenvalue weighted by Crippen LogP contribution is -2.08. The molecule has 4 nitrogen and oxygen atoms in total. The molecule has 0 unspecified atom stereocenters. The lowest BCUT2D eigenvalue weighted by Gasteiger charge is -1.96. The molecule has 1 heterocycles. The normalized spacial score (nSPS) is 9.12. The molecule has 0 atom stereocenters. The molecule has 0 aromatic carbocycles. The van der Waals surface area contributed by atoms with Crippen molar-refractivity contribution in [2.24, 2.45) is 0 Å². The summed E-state index contributed by atoms with van der Waals surface area (Å²) < 4.78 is 0. The molecule has 44 valence electrons.